The number of benzene rings is 3. The highest BCUT2D eigenvalue weighted by atomic mass is 35.5. The first-order valence-corrected chi connectivity index (χ1v) is 10.6. The van der Waals surface area contributed by atoms with Gasteiger partial charge in [0.25, 0.3) is 5.91 Å². The molecule has 3 rings (SSSR count). The van der Waals surface area contributed by atoms with Crippen LogP contribution in [0.3, 0.4) is 0 Å². The minimum atomic E-state index is -1.14. The molecule has 0 spiro atoms. The van der Waals surface area contributed by atoms with Crippen LogP contribution in [-0.2, 0) is 9.53 Å². The predicted molar refractivity (Wildman–Crippen MR) is 124 cm³/mol. The second kappa shape index (κ2) is 10.4. The largest absolute Gasteiger partial charge is 0.448 e. The molecule has 0 bridgehead atoms. The molecule has 0 fully saturated rings. The van der Waals surface area contributed by atoms with E-state index in [4.69, 9.17) is 27.9 Å². The van der Waals surface area contributed by atoms with Crippen LogP contribution in [0.4, 0.5) is 0 Å². The van der Waals surface area contributed by atoms with E-state index >= 15 is 0 Å². The summed E-state index contributed by atoms with van der Waals surface area (Å²) in [4.78, 5) is 38.0. The van der Waals surface area contributed by atoms with E-state index in [-0.39, 0.29) is 16.4 Å². The Morgan fingerprint density at radius 3 is 2.06 bits per heavy atom. The summed E-state index contributed by atoms with van der Waals surface area (Å²) in [5.41, 5.74) is 3.16. The third-order valence-corrected chi connectivity index (χ3v) is 5.32. The summed E-state index contributed by atoms with van der Waals surface area (Å²) in [5, 5.41) is 3.01. The van der Waals surface area contributed by atoms with Crippen molar-refractivity contribution in [1.82, 2.24) is 5.32 Å². The molecule has 0 aromatic heterocycles. The number of aryl methyl sites for hydroxylation is 2. The zero-order valence-electron chi connectivity index (χ0n) is 17.5. The molecular formula is C25H21Cl2NO4. The van der Waals surface area contributed by atoms with E-state index in [9.17, 15) is 14.4 Å². The van der Waals surface area contributed by atoms with Gasteiger partial charge in [0.2, 0.25) is 5.78 Å². The first kappa shape index (κ1) is 23.5. The number of ether oxygens (including phenoxy) is 1. The number of ketones is 1. The highest BCUT2D eigenvalue weighted by Gasteiger charge is 2.26. The number of hydrogen-bond donors (Lipinski definition) is 1. The fourth-order valence-corrected chi connectivity index (χ4v) is 3.47. The molecule has 164 valence electrons. The van der Waals surface area contributed by atoms with E-state index in [0.29, 0.717) is 16.1 Å². The minimum Gasteiger partial charge on any atom is -0.448 e. The van der Waals surface area contributed by atoms with Crippen molar-refractivity contribution < 1.29 is 19.1 Å². The zero-order chi connectivity index (χ0) is 23.3. The number of carbonyl (C=O) groups is 3. The van der Waals surface area contributed by atoms with Crippen LogP contribution in [-0.4, -0.2) is 24.2 Å². The standard InChI is InChI=1S/C25H21Cl2NO4/c1-15-3-7-17(8-4-15)23(30)24(18-9-5-16(2)6-10-18)32-22(29)14-28-25(31)20-12-11-19(26)13-21(20)27/h3-13,24H,14H2,1-2H3,(H,28,31)/t24-/m0/s1. The van der Waals surface area contributed by atoms with Crippen molar-refractivity contribution in [3.05, 3.63) is 105 Å². The number of hydrogen-bond acceptors (Lipinski definition) is 4. The molecule has 0 saturated heterocycles. The molecule has 0 radical (unpaired) electrons. The van der Waals surface area contributed by atoms with Crippen LogP contribution in [0, 0.1) is 13.8 Å². The first-order chi connectivity index (χ1) is 15.2. The zero-order valence-corrected chi connectivity index (χ0v) is 19.0. The van der Waals surface area contributed by atoms with Crippen LogP contribution in [0.5, 0.6) is 0 Å². The van der Waals surface area contributed by atoms with Crippen molar-refractivity contribution in [2.24, 2.45) is 0 Å². The van der Waals surface area contributed by atoms with Gasteiger partial charge < -0.3 is 10.1 Å². The fraction of sp³-hybridized carbons (Fsp3) is 0.160. The van der Waals surface area contributed by atoms with Gasteiger partial charge >= 0.3 is 5.97 Å². The highest BCUT2D eigenvalue weighted by molar-refractivity contribution is 6.36. The summed E-state index contributed by atoms with van der Waals surface area (Å²) in [5.74, 6) is -1.66. The predicted octanol–water partition coefficient (Wildman–Crippen LogP) is 5.51. The topological polar surface area (TPSA) is 72.5 Å². The molecule has 3 aromatic carbocycles. The van der Waals surface area contributed by atoms with Gasteiger partial charge in [-0.1, -0.05) is 82.9 Å². The Hall–Kier alpha value is -3.15. The smallest absolute Gasteiger partial charge is 0.326 e. The van der Waals surface area contributed by atoms with Gasteiger partial charge in [0.1, 0.15) is 6.54 Å². The molecule has 0 heterocycles. The van der Waals surface area contributed by atoms with Gasteiger partial charge in [0, 0.05) is 16.1 Å². The molecule has 3 aromatic rings. The van der Waals surface area contributed by atoms with Gasteiger partial charge in [-0.15, -0.1) is 0 Å². The Morgan fingerprint density at radius 1 is 0.875 bits per heavy atom. The number of halogens is 2. The van der Waals surface area contributed by atoms with E-state index in [2.05, 4.69) is 5.32 Å². The van der Waals surface area contributed by atoms with E-state index in [1.54, 1.807) is 24.3 Å². The second-order valence-corrected chi connectivity index (χ2v) is 8.16. The third-order valence-electron chi connectivity index (χ3n) is 4.77. The van der Waals surface area contributed by atoms with Crippen LogP contribution >= 0.6 is 23.2 Å². The lowest BCUT2D eigenvalue weighted by atomic mass is 9.98. The van der Waals surface area contributed by atoms with Gasteiger partial charge in [-0.25, -0.2) is 0 Å². The maximum atomic E-state index is 13.1. The highest BCUT2D eigenvalue weighted by Crippen LogP contribution is 2.24. The van der Waals surface area contributed by atoms with Crippen LogP contribution in [0.2, 0.25) is 10.0 Å². The number of Topliss-reactive ketones (excluding diaryl/α,β-unsaturated/α-hetero) is 1. The number of amides is 1. The lowest BCUT2D eigenvalue weighted by molar-refractivity contribution is -0.146. The normalized spacial score (nSPS) is 11.5. The lowest BCUT2D eigenvalue weighted by Crippen LogP contribution is -2.32. The Kier molecular flexibility index (Phi) is 7.67. The summed E-state index contributed by atoms with van der Waals surface area (Å²) in [6, 6.07) is 18.6. The van der Waals surface area contributed by atoms with Crippen molar-refractivity contribution in [2.45, 2.75) is 20.0 Å². The third kappa shape index (κ3) is 5.96. The maximum absolute atomic E-state index is 13.1. The van der Waals surface area contributed by atoms with Crippen LogP contribution in [0.25, 0.3) is 0 Å². The molecule has 0 aliphatic carbocycles. The average molecular weight is 470 g/mol. The SMILES string of the molecule is Cc1ccc(C(=O)[C@@H](OC(=O)CNC(=O)c2ccc(Cl)cc2Cl)c2ccc(C)cc2)cc1. The second-order valence-electron chi connectivity index (χ2n) is 7.32. The Bertz CT molecular complexity index is 1140. The van der Waals surface area contributed by atoms with Gasteiger partial charge in [-0.05, 0) is 32.0 Å². The molecule has 0 saturated carbocycles. The molecule has 5 nitrogen and oxygen atoms in total. The van der Waals surface area contributed by atoms with E-state index in [1.807, 2.05) is 38.1 Å². The van der Waals surface area contributed by atoms with Crippen molar-refractivity contribution in [3.63, 3.8) is 0 Å². The van der Waals surface area contributed by atoms with Crippen LogP contribution in [0.15, 0.2) is 66.7 Å². The first-order valence-electron chi connectivity index (χ1n) is 9.85. The van der Waals surface area contributed by atoms with Gasteiger partial charge in [0.05, 0.1) is 10.6 Å². The maximum Gasteiger partial charge on any atom is 0.326 e. The average Bonchev–Trinajstić information content (AvgIpc) is 2.76. The van der Waals surface area contributed by atoms with Gasteiger partial charge in [-0.2, -0.15) is 0 Å². The van der Waals surface area contributed by atoms with E-state index in [1.165, 1.54) is 18.2 Å². The van der Waals surface area contributed by atoms with Crippen LogP contribution in [0.1, 0.15) is 43.5 Å². The summed E-state index contributed by atoms with van der Waals surface area (Å²) >= 11 is 11.9. The molecule has 1 amide bonds. The molecule has 1 N–H and O–H groups in total. The van der Waals surface area contributed by atoms with E-state index < -0.39 is 24.5 Å². The number of carbonyl (C=O) groups excluding carboxylic acids is 3. The lowest BCUT2D eigenvalue weighted by Gasteiger charge is -2.18. The molecule has 32 heavy (non-hydrogen) atoms. The Labute approximate surface area is 196 Å². The Morgan fingerprint density at radius 2 is 1.47 bits per heavy atom. The molecule has 0 aliphatic heterocycles. The number of esters is 1. The number of rotatable bonds is 7. The molecular weight excluding hydrogens is 449 g/mol. The van der Waals surface area contributed by atoms with Crippen molar-refractivity contribution in [1.29, 1.82) is 0 Å². The summed E-state index contributed by atoms with van der Waals surface area (Å²) in [6.45, 7) is 3.41. The number of nitrogens with one attached hydrogen (secondary N) is 1. The Balaban J connectivity index is 1.74. The molecule has 0 aliphatic rings. The van der Waals surface area contributed by atoms with Crippen LogP contribution < -0.4 is 5.32 Å². The molecule has 1 atom stereocenters. The summed E-state index contributed by atoms with van der Waals surface area (Å²) in [6.07, 6.45) is -1.14. The monoisotopic (exact) mass is 469 g/mol. The van der Waals surface area contributed by atoms with Crippen molar-refractivity contribution in [2.75, 3.05) is 6.54 Å². The quantitative estimate of drug-likeness (QED) is 0.365. The molecule has 0 unspecified atom stereocenters. The summed E-state index contributed by atoms with van der Waals surface area (Å²) in [7, 11) is 0. The van der Waals surface area contributed by atoms with E-state index in [0.717, 1.165) is 11.1 Å². The summed E-state index contributed by atoms with van der Waals surface area (Å²) < 4.78 is 5.50. The fourth-order valence-electron chi connectivity index (χ4n) is 2.98. The van der Waals surface area contributed by atoms with Crippen molar-refractivity contribution in [3.8, 4) is 0 Å². The molecule has 7 heteroatoms. The van der Waals surface area contributed by atoms with Crippen molar-refractivity contribution >= 4 is 40.9 Å². The van der Waals surface area contributed by atoms with Gasteiger partial charge in [0.15, 0.2) is 6.10 Å². The minimum absolute atomic E-state index is 0.162. The van der Waals surface area contributed by atoms with Gasteiger partial charge in [-0.3, -0.25) is 14.4 Å².